The Bertz CT molecular complexity index is 813. The fraction of sp³-hybridized carbons (Fsp3) is 0.333. The molecule has 1 aliphatic rings. The summed E-state index contributed by atoms with van der Waals surface area (Å²) >= 11 is 0. The summed E-state index contributed by atoms with van der Waals surface area (Å²) in [4.78, 5) is 23.9. The molecule has 27 heavy (non-hydrogen) atoms. The molecule has 0 atom stereocenters. The van der Waals surface area contributed by atoms with Crippen LogP contribution in [-0.4, -0.2) is 26.0 Å². The maximum Gasteiger partial charge on any atom is 0.227 e. The molecular weight excluding hydrogens is 344 g/mol. The molecule has 2 amide bonds. The molecule has 2 N–H and O–H groups in total. The van der Waals surface area contributed by atoms with E-state index >= 15 is 0 Å². The van der Waals surface area contributed by atoms with Crippen LogP contribution in [0.2, 0.25) is 0 Å². The lowest BCUT2D eigenvalue weighted by molar-refractivity contribution is -0.117. The van der Waals surface area contributed by atoms with Crippen LogP contribution in [0.1, 0.15) is 24.8 Å². The Morgan fingerprint density at radius 3 is 2.15 bits per heavy atom. The second-order valence-corrected chi connectivity index (χ2v) is 6.58. The summed E-state index contributed by atoms with van der Waals surface area (Å²) in [5, 5.41) is 5.75. The number of methoxy groups -OCH3 is 2. The fourth-order valence-electron chi connectivity index (χ4n) is 2.74. The molecule has 0 unspecified atom stereocenters. The van der Waals surface area contributed by atoms with Crippen molar-refractivity contribution in [3.05, 3.63) is 48.0 Å². The van der Waals surface area contributed by atoms with Gasteiger partial charge in [0.25, 0.3) is 0 Å². The molecule has 0 aliphatic heterocycles. The standard InChI is InChI=1S/C21H24N2O4/c1-26-18-11-3-14(13-19(18)27-2)4-12-20(24)22-16-7-9-17(10-8-16)23-21(25)15-5-6-15/h3,7-11,13,15H,4-6,12H2,1-2H3,(H,22,24)(H,23,25). The Labute approximate surface area is 158 Å². The number of benzene rings is 2. The Hall–Kier alpha value is -3.02. The molecule has 6 nitrogen and oxygen atoms in total. The third-order valence-corrected chi connectivity index (χ3v) is 4.47. The van der Waals surface area contributed by atoms with Gasteiger partial charge in [-0.3, -0.25) is 9.59 Å². The number of hydrogen-bond acceptors (Lipinski definition) is 4. The van der Waals surface area contributed by atoms with E-state index in [2.05, 4.69) is 10.6 Å². The normalized spacial score (nSPS) is 13.0. The van der Waals surface area contributed by atoms with Crippen molar-refractivity contribution in [3.63, 3.8) is 0 Å². The number of carbonyl (C=O) groups excluding carboxylic acids is 2. The Kier molecular flexibility index (Phi) is 5.96. The van der Waals surface area contributed by atoms with E-state index in [1.54, 1.807) is 38.5 Å². The Morgan fingerprint density at radius 1 is 0.926 bits per heavy atom. The smallest absolute Gasteiger partial charge is 0.227 e. The molecule has 0 saturated heterocycles. The molecule has 0 radical (unpaired) electrons. The first kappa shape index (κ1) is 18.8. The van der Waals surface area contributed by atoms with Crippen molar-refractivity contribution in [1.82, 2.24) is 0 Å². The molecule has 0 spiro atoms. The van der Waals surface area contributed by atoms with E-state index in [1.165, 1.54) is 0 Å². The van der Waals surface area contributed by atoms with Gasteiger partial charge in [-0.15, -0.1) is 0 Å². The number of carbonyl (C=O) groups is 2. The molecule has 2 aromatic carbocycles. The first-order chi connectivity index (χ1) is 13.1. The van der Waals surface area contributed by atoms with E-state index < -0.39 is 0 Å². The molecule has 1 saturated carbocycles. The summed E-state index contributed by atoms with van der Waals surface area (Å²) in [6.45, 7) is 0. The van der Waals surface area contributed by atoms with Crippen molar-refractivity contribution in [3.8, 4) is 11.5 Å². The van der Waals surface area contributed by atoms with Gasteiger partial charge in [0.1, 0.15) is 0 Å². The van der Waals surface area contributed by atoms with Crippen molar-refractivity contribution in [1.29, 1.82) is 0 Å². The number of hydrogen-bond donors (Lipinski definition) is 2. The topological polar surface area (TPSA) is 76.7 Å². The molecule has 0 aromatic heterocycles. The van der Waals surface area contributed by atoms with Crippen LogP contribution in [0.5, 0.6) is 11.5 Å². The van der Waals surface area contributed by atoms with Crippen molar-refractivity contribution in [2.75, 3.05) is 24.9 Å². The van der Waals surface area contributed by atoms with Gasteiger partial charge in [-0.1, -0.05) is 6.07 Å². The van der Waals surface area contributed by atoms with Crippen LogP contribution in [0, 0.1) is 5.92 Å². The Morgan fingerprint density at radius 2 is 1.56 bits per heavy atom. The highest BCUT2D eigenvalue weighted by molar-refractivity contribution is 5.95. The van der Waals surface area contributed by atoms with Crippen LogP contribution >= 0.6 is 0 Å². The number of nitrogens with one attached hydrogen (secondary N) is 2. The third-order valence-electron chi connectivity index (χ3n) is 4.47. The van der Waals surface area contributed by atoms with Crippen molar-refractivity contribution < 1.29 is 19.1 Å². The lowest BCUT2D eigenvalue weighted by Gasteiger charge is -2.10. The predicted octanol–water partition coefficient (Wildman–Crippen LogP) is 3.62. The largest absolute Gasteiger partial charge is 0.493 e. The maximum atomic E-state index is 12.2. The van der Waals surface area contributed by atoms with Crippen molar-refractivity contribution in [2.45, 2.75) is 25.7 Å². The quantitative estimate of drug-likeness (QED) is 0.746. The van der Waals surface area contributed by atoms with Crippen molar-refractivity contribution >= 4 is 23.2 Å². The van der Waals surface area contributed by atoms with Crippen LogP contribution in [0.3, 0.4) is 0 Å². The van der Waals surface area contributed by atoms with Gasteiger partial charge >= 0.3 is 0 Å². The number of anilines is 2. The minimum Gasteiger partial charge on any atom is -0.493 e. The summed E-state index contributed by atoms with van der Waals surface area (Å²) < 4.78 is 10.5. The van der Waals surface area contributed by atoms with Gasteiger partial charge in [0.05, 0.1) is 14.2 Å². The first-order valence-electron chi connectivity index (χ1n) is 9.00. The fourth-order valence-corrected chi connectivity index (χ4v) is 2.74. The number of amides is 2. The van der Waals surface area contributed by atoms with Gasteiger partial charge in [0, 0.05) is 23.7 Å². The van der Waals surface area contributed by atoms with Gasteiger partial charge in [-0.25, -0.2) is 0 Å². The maximum absolute atomic E-state index is 12.2. The van der Waals surface area contributed by atoms with E-state index in [4.69, 9.17) is 9.47 Å². The zero-order valence-electron chi connectivity index (χ0n) is 15.6. The molecule has 0 bridgehead atoms. The lowest BCUT2D eigenvalue weighted by Crippen LogP contribution is -2.14. The summed E-state index contributed by atoms with van der Waals surface area (Å²) in [7, 11) is 3.18. The van der Waals surface area contributed by atoms with Crippen LogP contribution in [-0.2, 0) is 16.0 Å². The molecule has 2 aromatic rings. The average Bonchev–Trinajstić information content (AvgIpc) is 3.53. The summed E-state index contributed by atoms with van der Waals surface area (Å²) in [6.07, 6.45) is 2.90. The highest BCUT2D eigenvalue weighted by Crippen LogP contribution is 2.30. The monoisotopic (exact) mass is 368 g/mol. The van der Waals surface area contributed by atoms with E-state index in [-0.39, 0.29) is 17.7 Å². The first-order valence-corrected chi connectivity index (χ1v) is 9.00. The highest BCUT2D eigenvalue weighted by Gasteiger charge is 2.29. The second kappa shape index (κ2) is 8.58. The zero-order chi connectivity index (χ0) is 19.2. The number of aryl methyl sites for hydroxylation is 1. The number of rotatable bonds is 8. The minimum atomic E-state index is -0.0699. The van der Waals surface area contributed by atoms with Crippen LogP contribution in [0.4, 0.5) is 11.4 Å². The molecule has 0 heterocycles. The van der Waals surface area contributed by atoms with Crippen molar-refractivity contribution in [2.24, 2.45) is 5.92 Å². The third kappa shape index (κ3) is 5.23. The van der Waals surface area contributed by atoms with Crippen LogP contribution in [0.25, 0.3) is 0 Å². The average molecular weight is 368 g/mol. The van der Waals surface area contributed by atoms with Gasteiger partial charge in [0.15, 0.2) is 11.5 Å². The molecule has 6 heteroatoms. The SMILES string of the molecule is COc1ccc(CCC(=O)Nc2ccc(NC(=O)C3CC3)cc2)cc1OC. The lowest BCUT2D eigenvalue weighted by atomic mass is 10.1. The molecule has 1 aliphatic carbocycles. The summed E-state index contributed by atoms with van der Waals surface area (Å²) in [5.41, 5.74) is 2.45. The summed E-state index contributed by atoms with van der Waals surface area (Å²) in [6, 6.07) is 12.8. The van der Waals surface area contributed by atoms with Gasteiger partial charge in [-0.2, -0.15) is 0 Å². The Balaban J connectivity index is 1.49. The summed E-state index contributed by atoms with van der Waals surface area (Å²) in [5.74, 6) is 1.49. The zero-order valence-corrected chi connectivity index (χ0v) is 15.6. The molecular formula is C21H24N2O4. The predicted molar refractivity (Wildman–Crippen MR) is 104 cm³/mol. The number of ether oxygens (including phenoxy) is 2. The van der Waals surface area contributed by atoms with Crippen LogP contribution in [0.15, 0.2) is 42.5 Å². The molecule has 3 rings (SSSR count). The second-order valence-electron chi connectivity index (χ2n) is 6.58. The highest BCUT2D eigenvalue weighted by atomic mass is 16.5. The minimum absolute atomic E-state index is 0.0699. The van der Waals surface area contributed by atoms with Gasteiger partial charge in [0.2, 0.25) is 11.8 Å². The molecule has 142 valence electrons. The van der Waals surface area contributed by atoms with E-state index in [9.17, 15) is 9.59 Å². The van der Waals surface area contributed by atoms with Gasteiger partial charge < -0.3 is 20.1 Å². The van der Waals surface area contributed by atoms with Crippen LogP contribution < -0.4 is 20.1 Å². The van der Waals surface area contributed by atoms with E-state index in [0.717, 1.165) is 24.1 Å². The molecule has 1 fully saturated rings. The van der Waals surface area contributed by atoms with E-state index in [0.29, 0.717) is 30.0 Å². The van der Waals surface area contributed by atoms with E-state index in [1.807, 2.05) is 18.2 Å². The van der Waals surface area contributed by atoms with Gasteiger partial charge in [-0.05, 0) is 61.2 Å².